The predicted octanol–water partition coefficient (Wildman–Crippen LogP) is 3.05. The number of imidazole rings is 1. The lowest BCUT2D eigenvalue weighted by molar-refractivity contribution is -0.130. The van der Waals surface area contributed by atoms with Gasteiger partial charge in [-0.1, -0.05) is 23.9 Å². The van der Waals surface area contributed by atoms with Crippen molar-refractivity contribution in [3.63, 3.8) is 0 Å². The first-order valence-corrected chi connectivity index (χ1v) is 13.0. The fourth-order valence-corrected chi connectivity index (χ4v) is 5.42. The number of aryl methyl sites for hydroxylation is 1. The minimum atomic E-state index is 0.0776. The highest BCUT2D eigenvalue weighted by Gasteiger charge is 2.22. The molecule has 3 aromatic rings. The molecule has 8 nitrogen and oxygen atoms in total. The molecule has 0 radical (unpaired) electrons. The first-order chi connectivity index (χ1) is 16.9. The van der Waals surface area contributed by atoms with Gasteiger partial charge in [-0.2, -0.15) is 0 Å². The van der Waals surface area contributed by atoms with Crippen molar-refractivity contribution in [2.24, 2.45) is 0 Å². The number of nitrogens with one attached hydrogen (secondary N) is 1. The van der Waals surface area contributed by atoms with Gasteiger partial charge in [0.2, 0.25) is 11.8 Å². The fraction of sp³-hybridized carbons (Fsp3) is 0.423. The second-order valence-electron chi connectivity index (χ2n) is 9.24. The molecule has 0 saturated carbocycles. The van der Waals surface area contributed by atoms with Gasteiger partial charge in [-0.25, -0.2) is 4.98 Å². The van der Waals surface area contributed by atoms with Gasteiger partial charge in [0.05, 0.1) is 23.3 Å². The number of ether oxygens (including phenoxy) is 1. The van der Waals surface area contributed by atoms with E-state index in [0.717, 1.165) is 60.2 Å². The minimum absolute atomic E-state index is 0.0776. The Morgan fingerprint density at radius 2 is 1.89 bits per heavy atom. The number of piperazine rings is 1. The molecule has 35 heavy (non-hydrogen) atoms. The highest BCUT2D eigenvalue weighted by Crippen LogP contribution is 2.26. The zero-order valence-electron chi connectivity index (χ0n) is 20.2. The Balaban J connectivity index is 1.20. The zero-order chi connectivity index (χ0) is 24.4. The topological polar surface area (TPSA) is 81.8 Å². The molecular weight excluding hydrogens is 462 g/mol. The van der Waals surface area contributed by atoms with Crippen LogP contribution in [-0.2, 0) is 22.7 Å². The third-order valence-corrected chi connectivity index (χ3v) is 7.49. The summed E-state index contributed by atoms with van der Waals surface area (Å²) in [6.07, 6.45) is 0. The lowest BCUT2D eigenvalue weighted by Gasteiger charge is -2.34. The third kappa shape index (κ3) is 5.62. The number of aromatic amines is 1. The third-order valence-electron chi connectivity index (χ3n) is 6.63. The molecular formula is C26H31N5O3S. The molecule has 1 saturated heterocycles. The van der Waals surface area contributed by atoms with E-state index in [1.807, 2.05) is 28.0 Å². The van der Waals surface area contributed by atoms with E-state index in [-0.39, 0.29) is 11.8 Å². The van der Waals surface area contributed by atoms with Crippen LogP contribution in [0.3, 0.4) is 0 Å². The lowest BCUT2D eigenvalue weighted by Crippen LogP contribution is -2.47. The van der Waals surface area contributed by atoms with Crippen LogP contribution in [0.25, 0.3) is 11.0 Å². The summed E-state index contributed by atoms with van der Waals surface area (Å²) >= 11 is 1.44. The first-order valence-electron chi connectivity index (χ1n) is 12.0. The average Bonchev–Trinajstić information content (AvgIpc) is 3.12. The van der Waals surface area contributed by atoms with Gasteiger partial charge < -0.3 is 19.5 Å². The van der Waals surface area contributed by atoms with Crippen molar-refractivity contribution in [3.05, 3.63) is 53.1 Å². The molecule has 0 spiro atoms. The number of nitrogens with zero attached hydrogens (tertiary/aromatic N) is 4. The number of hydrogen-bond acceptors (Lipinski definition) is 6. The molecule has 2 aliphatic rings. The molecule has 1 N–H and O–H groups in total. The zero-order valence-corrected chi connectivity index (χ0v) is 21.1. The summed E-state index contributed by atoms with van der Waals surface area (Å²) in [5.74, 6) is 1.40. The van der Waals surface area contributed by atoms with Crippen molar-refractivity contribution in [3.8, 4) is 5.75 Å². The molecule has 184 valence electrons. The molecule has 5 rings (SSSR count). The number of H-pyrrole nitrogens is 1. The molecule has 2 aliphatic heterocycles. The number of rotatable bonds is 5. The van der Waals surface area contributed by atoms with Gasteiger partial charge in [-0.15, -0.1) is 0 Å². The Bertz CT molecular complexity index is 1230. The van der Waals surface area contributed by atoms with Crippen LogP contribution in [0.4, 0.5) is 0 Å². The summed E-state index contributed by atoms with van der Waals surface area (Å²) < 4.78 is 5.95. The van der Waals surface area contributed by atoms with Gasteiger partial charge in [0.1, 0.15) is 12.4 Å². The molecule has 0 atom stereocenters. The van der Waals surface area contributed by atoms with Crippen LogP contribution in [0.2, 0.25) is 0 Å². The van der Waals surface area contributed by atoms with E-state index >= 15 is 0 Å². The van der Waals surface area contributed by atoms with Gasteiger partial charge in [-0.05, 0) is 42.3 Å². The molecule has 2 amide bonds. The summed E-state index contributed by atoms with van der Waals surface area (Å²) in [7, 11) is 0. The molecule has 9 heteroatoms. The number of amides is 2. The molecule has 3 heterocycles. The Labute approximate surface area is 209 Å². The molecule has 0 unspecified atom stereocenters. The Morgan fingerprint density at radius 1 is 1.06 bits per heavy atom. The quantitative estimate of drug-likeness (QED) is 0.551. The standard InChI is InChI=1S/C26H31N5O3S/c1-18-3-5-22-23(13-18)28-26(27-22)35-17-25(33)31-11-12-34-24-6-4-20(14-21(24)16-31)15-29-7-9-30(10-8-29)19(2)32/h3-6,13-14H,7-12,15-17H2,1-2H3,(H,27,28). The van der Waals surface area contributed by atoms with Crippen molar-refractivity contribution in [2.75, 3.05) is 45.1 Å². The van der Waals surface area contributed by atoms with Gasteiger partial charge in [-0.3, -0.25) is 14.5 Å². The monoisotopic (exact) mass is 493 g/mol. The smallest absolute Gasteiger partial charge is 0.233 e. The minimum Gasteiger partial charge on any atom is -0.491 e. The van der Waals surface area contributed by atoms with Crippen LogP contribution in [0.1, 0.15) is 23.6 Å². The van der Waals surface area contributed by atoms with E-state index in [1.54, 1.807) is 6.92 Å². The summed E-state index contributed by atoms with van der Waals surface area (Å²) in [6.45, 7) is 9.39. The van der Waals surface area contributed by atoms with Crippen LogP contribution in [0.5, 0.6) is 5.75 Å². The van der Waals surface area contributed by atoms with Crippen LogP contribution in [0.15, 0.2) is 41.6 Å². The molecule has 1 fully saturated rings. The van der Waals surface area contributed by atoms with Gasteiger partial charge in [0.15, 0.2) is 5.16 Å². The van der Waals surface area contributed by atoms with Crippen molar-refractivity contribution in [1.29, 1.82) is 0 Å². The van der Waals surface area contributed by atoms with E-state index in [9.17, 15) is 9.59 Å². The average molecular weight is 494 g/mol. The Morgan fingerprint density at radius 3 is 2.69 bits per heavy atom. The first kappa shape index (κ1) is 23.7. The van der Waals surface area contributed by atoms with E-state index in [0.29, 0.717) is 25.4 Å². The van der Waals surface area contributed by atoms with Gasteiger partial charge >= 0.3 is 0 Å². The Kier molecular flexibility index (Phi) is 6.97. The fourth-order valence-electron chi connectivity index (χ4n) is 4.63. The van der Waals surface area contributed by atoms with Crippen LogP contribution in [0, 0.1) is 6.92 Å². The number of fused-ring (bicyclic) bond motifs is 2. The number of carbonyl (C=O) groups is 2. The second-order valence-corrected chi connectivity index (χ2v) is 10.2. The van der Waals surface area contributed by atoms with Crippen molar-refractivity contribution in [2.45, 2.75) is 32.1 Å². The van der Waals surface area contributed by atoms with E-state index in [4.69, 9.17) is 4.74 Å². The summed E-state index contributed by atoms with van der Waals surface area (Å²) in [5, 5.41) is 0.762. The van der Waals surface area contributed by atoms with Gasteiger partial charge in [0, 0.05) is 51.8 Å². The SMILES string of the molecule is CC(=O)N1CCN(Cc2ccc3c(c2)CN(C(=O)CSc2nc4ccc(C)cc4[nH]2)CCO3)CC1. The number of hydrogen-bond donors (Lipinski definition) is 1. The second kappa shape index (κ2) is 10.3. The molecule has 0 aliphatic carbocycles. The van der Waals surface area contributed by atoms with Crippen LogP contribution >= 0.6 is 11.8 Å². The highest BCUT2D eigenvalue weighted by atomic mass is 32.2. The summed E-state index contributed by atoms with van der Waals surface area (Å²) in [4.78, 5) is 38.7. The number of benzene rings is 2. The maximum absolute atomic E-state index is 13.1. The van der Waals surface area contributed by atoms with Crippen LogP contribution < -0.4 is 4.74 Å². The number of carbonyl (C=O) groups excluding carboxylic acids is 2. The highest BCUT2D eigenvalue weighted by molar-refractivity contribution is 7.99. The van der Waals surface area contributed by atoms with E-state index in [2.05, 4.69) is 40.0 Å². The van der Waals surface area contributed by atoms with Crippen molar-refractivity contribution >= 4 is 34.6 Å². The van der Waals surface area contributed by atoms with Crippen molar-refractivity contribution < 1.29 is 14.3 Å². The summed E-state index contributed by atoms with van der Waals surface area (Å²) in [5.41, 5.74) is 5.32. The molecule has 2 aromatic carbocycles. The van der Waals surface area contributed by atoms with E-state index in [1.165, 1.54) is 22.9 Å². The summed E-state index contributed by atoms with van der Waals surface area (Å²) in [6, 6.07) is 12.4. The molecule has 0 bridgehead atoms. The maximum Gasteiger partial charge on any atom is 0.233 e. The number of thioether (sulfide) groups is 1. The Hall–Kier alpha value is -3.04. The predicted molar refractivity (Wildman–Crippen MR) is 136 cm³/mol. The largest absolute Gasteiger partial charge is 0.491 e. The van der Waals surface area contributed by atoms with Crippen LogP contribution in [-0.4, -0.2) is 81.6 Å². The normalized spacial score (nSPS) is 16.6. The maximum atomic E-state index is 13.1. The number of aromatic nitrogens is 2. The lowest BCUT2D eigenvalue weighted by atomic mass is 10.1. The van der Waals surface area contributed by atoms with Gasteiger partial charge in [0.25, 0.3) is 0 Å². The van der Waals surface area contributed by atoms with E-state index < -0.39 is 0 Å². The molecule has 1 aromatic heterocycles. The van der Waals surface area contributed by atoms with Crippen molar-refractivity contribution in [1.82, 2.24) is 24.7 Å².